The van der Waals surface area contributed by atoms with Gasteiger partial charge in [-0.2, -0.15) is 13.2 Å². The Morgan fingerprint density at radius 2 is 2.17 bits per heavy atom. The highest BCUT2D eigenvalue weighted by Gasteiger charge is 2.34. The molecule has 1 aliphatic rings. The van der Waals surface area contributed by atoms with E-state index in [2.05, 4.69) is 5.32 Å². The van der Waals surface area contributed by atoms with Gasteiger partial charge in [0.05, 0.1) is 18.1 Å². The summed E-state index contributed by atoms with van der Waals surface area (Å²) in [5.74, 6) is 0.00877. The van der Waals surface area contributed by atoms with Gasteiger partial charge in [-0.15, -0.1) is 0 Å². The molecule has 1 aliphatic heterocycles. The van der Waals surface area contributed by atoms with Crippen molar-refractivity contribution < 1.29 is 23.2 Å². The van der Waals surface area contributed by atoms with Crippen LogP contribution in [0.3, 0.4) is 0 Å². The third-order valence-corrected chi connectivity index (χ3v) is 3.80. The highest BCUT2D eigenvalue weighted by Crippen LogP contribution is 2.27. The van der Waals surface area contributed by atoms with E-state index in [-0.39, 0.29) is 18.2 Å². The molecule has 0 aromatic heterocycles. The summed E-state index contributed by atoms with van der Waals surface area (Å²) in [5.41, 5.74) is 0.586. The molecule has 0 saturated carbocycles. The Kier molecular flexibility index (Phi) is 5.42. The SMILES string of the molecule is O=[N+]([O-])c1cc(CO)ccc1NC[C@@H]1CCN(CC(F)(F)F)C1. The molecule has 0 bridgehead atoms. The summed E-state index contributed by atoms with van der Waals surface area (Å²) in [6.07, 6.45) is -3.59. The fourth-order valence-electron chi connectivity index (χ4n) is 2.71. The van der Waals surface area contributed by atoms with Crippen molar-refractivity contribution >= 4 is 11.4 Å². The lowest BCUT2D eigenvalue weighted by atomic mass is 10.1. The fourth-order valence-corrected chi connectivity index (χ4v) is 2.71. The van der Waals surface area contributed by atoms with Gasteiger partial charge >= 0.3 is 6.18 Å². The highest BCUT2D eigenvalue weighted by atomic mass is 19.4. The molecule has 2 N–H and O–H groups in total. The standard InChI is InChI=1S/C14H18F3N3O3/c15-14(16,17)9-19-4-3-11(7-19)6-18-12-2-1-10(8-21)5-13(12)20(22)23/h1-2,5,11,18,21H,3-4,6-9H2/t11-/m0/s1. The molecule has 1 aromatic rings. The van der Waals surface area contributed by atoms with Gasteiger partial charge in [0.1, 0.15) is 5.69 Å². The molecule has 2 rings (SSSR count). The number of alkyl halides is 3. The van der Waals surface area contributed by atoms with E-state index in [9.17, 15) is 23.3 Å². The van der Waals surface area contributed by atoms with Crippen molar-refractivity contribution in [1.29, 1.82) is 0 Å². The number of hydrogen-bond donors (Lipinski definition) is 2. The number of nitro groups is 1. The molecule has 0 aliphatic carbocycles. The third kappa shape index (κ3) is 5.07. The summed E-state index contributed by atoms with van der Waals surface area (Å²) < 4.78 is 37.0. The molecule has 128 valence electrons. The van der Waals surface area contributed by atoms with E-state index in [4.69, 9.17) is 5.11 Å². The van der Waals surface area contributed by atoms with Crippen molar-refractivity contribution in [3.05, 3.63) is 33.9 Å². The number of aliphatic hydroxyl groups is 1. The number of halogens is 3. The predicted octanol–water partition coefficient (Wildman–Crippen LogP) is 2.38. The van der Waals surface area contributed by atoms with Gasteiger partial charge in [0.25, 0.3) is 5.69 Å². The molecule has 1 saturated heterocycles. The maximum Gasteiger partial charge on any atom is 0.401 e. The van der Waals surface area contributed by atoms with E-state index >= 15 is 0 Å². The summed E-state index contributed by atoms with van der Waals surface area (Å²) in [5, 5.41) is 23.0. The number of hydrogen-bond acceptors (Lipinski definition) is 5. The smallest absolute Gasteiger partial charge is 0.392 e. The van der Waals surface area contributed by atoms with E-state index in [1.807, 2.05) is 0 Å². The van der Waals surface area contributed by atoms with Crippen LogP contribution >= 0.6 is 0 Å². The molecule has 0 radical (unpaired) electrons. The van der Waals surface area contributed by atoms with Crippen molar-refractivity contribution in [3.63, 3.8) is 0 Å². The normalized spacial score (nSPS) is 19.0. The third-order valence-electron chi connectivity index (χ3n) is 3.80. The monoisotopic (exact) mass is 333 g/mol. The second kappa shape index (κ2) is 7.14. The van der Waals surface area contributed by atoms with Gasteiger partial charge in [0.15, 0.2) is 0 Å². The average Bonchev–Trinajstić information content (AvgIpc) is 2.90. The van der Waals surface area contributed by atoms with Crippen molar-refractivity contribution in [2.75, 3.05) is 31.5 Å². The minimum atomic E-state index is -4.21. The van der Waals surface area contributed by atoms with E-state index in [1.165, 1.54) is 17.0 Å². The van der Waals surface area contributed by atoms with Gasteiger partial charge in [-0.1, -0.05) is 6.07 Å². The molecule has 9 heteroatoms. The van der Waals surface area contributed by atoms with Crippen LogP contribution < -0.4 is 5.32 Å². The first-order chi connectivity index (χ1) is 10.8. The number of likely N-dealkylation sites (tertiary alicyclic amines) is 1. The van der Waals surface area contributed by atoms with Gasteiger partial charge in [0.2, 0.25) is 0 Å². The van der Waals surface area contributed by atoms with E-state index in [0.717, 1.165) is 0 Å². The van der Waals surface area contributed by atoms with Crippen LogP contribution in [0.5, 0.6) is 0 Å². The Hall–Kier alpha value is -1.87. The summed E-state index contributed by atoms with van der Waals surface area (Å²) in [4.78, 5) is 11.8. The number of anilines is 1. The first-order valence-corrected chi connectivity index (χ1v) is 7.19. The zero-order valence-corrected chi connectivity index (χ0v) is 12.3. The molecule has 1 fully saturated rings. The second-order valence-corrected chi connectivity index (χ2v) is 5.65. The van der Waals surface area contributed by atoms with Crippen LogP contribution in [-0.2, 0) is 6.61 Å². The molecule has 0 spiro atoms. The van der Waals surface area contributed by atoms with Crippen LogP contribution in [0.25, 0.3) is 0 Å². The zero-order valence-electron chi connectivity index (χ0n) is 12.3. The minimum Gasteiger partial charge on any atom is -0.392 e. The largest absolute Gasteiger partial charge is 0.401 e. The average molecular weight is 333 g/mol. The fraction of sp³-hybridized carbons (Fsp3) is 0.571. The Labute approximate surface area is 131 Å². The van der Waals surface area contributed by atoms with Gasteiger partial charge in [-0.3, -0.25) is 15.0 Å². The Morgan fingerprint density at radius 1 is 1.43 bits per heavy atom. The molecule has 23 heavy (non-hydrogen) atoms. The van der Waals surface area contributed by atoms with Gasteiger partial charge in [-0.05, 0) is 30.5 Å². The lowest BCUT2D eigenvalue weighted by Crippen LogP contribution is -2.33. The first-order valence-electron chi connectivity index (χ1n) is 7.19. The van der Waals surface area contributed by atoms with E-state index in [0.29, 0.717) is 37.3 Å². The number of rotatable bonds is 6. The topological polar surface area (TPSA) is 78.6 Å². The Balaban J connectivity index is 1.93. The zero-order chi connectivity index (χ0) is 17.0. The van der Waals surface area contributed by atoms with Crippen LogP contribution in [0, 0.1) is 16.0 Å². The summed E-state index contributed by atoms with van der Waals surface area (Å²) >= 11 is 0. The van der Waals surface area contributed by atoms with E-state index < -0.39 is 17.6 Å². The maximum absolute atomic E-state index is 12.3. The van der Waals surface area contributed by atoms with Gasteiger partial charge in [0, 0.05) is 19.2 Å². The molecular formula is C14H18F3N3O3. The molecule has 1 heterocycles. The first kappa shape index (κ1) is 17.5. The summed E-state index contributed by atoms with van der Waals surface area (Å²) in [6, 6.07) is 4.36. The highest BCUT2D eigenvalue weighted by molar-refractivity contribution is 5.62. The molecule has 6 nitrogen and oxygen atoms in total. The van der Waals surface area contributed by atoms with Crippen molar-refractivity contribution in [2.24, 2.45) is 5.92 Å². The number of nitrogens with zero attached hydrogens (tertiary/aromatic N) is 2. The molecule has 0 unspecified atom stereocenters. The number of aliphatic hydroxyl groups excluding tert-OH is 1. The quantitative estimate of drug-likeness (QED) is 0.617. The maximum atomic E-state index is 12.3. The molecule has 1 atom stereocenters. The number of nitrogens with one attached hydrogen (secondary N) is 1. The minimum absolute atomic E-state index is 0.00877. The lowest BCUT2D eigenvalue weighted by molar-refractivity contribution is -0.384. The number of nitro benzene ring substituents is 1. The second-order valence-electron chi connectivity index (χ2n) is 5.65. The lowest BCUT2D eigenvalue weighted by Gasteiger charge is -2.18. The van der Waals surface area contributed by atoms with E-state index in [1.54, 1.807) is 6.07 Å². The van der Waals surface area contributed by atoms with Crippen LogP contribution in [0.15, 0.2) is 18.2 Å². The van der Waals surface area contributed by atoms with Crippen molar-refractivity contribution in [3.8, 4) is 0 Å². The molecule has 0 amide bonds. The van der Waals surface area contributed by atoms with Crippen LogP contribution in [0.2, 0.25) is 0 Å². The predicted molar refractivity (Wildman–Crippen MR) is 78.1 cm³/mol. The van der Waals surface area contributed by atoms with Crippen LogP contribution in [0.4, 0.5) is 24.5 Å². The van der Waals surface area contributed by atoms with Crippen molar-refractivity contribution in [1.82, 2.24) is 4.90 Å². The molecular weight excluding hydrogens is 315 g/mol. The van der Waals surface area contributed by atoms with Crippen LogP contribution in [-0.4, -0.2) is 47.3 Å². The number of benzene rings is 1. The molecule has 1 aromatic carbocycles. The van der Waals surface area contributed by atoms with Gasteiger partial charge in [-0.25, -0.2) is 0 Å². The Bertz CT molecular complexity index is 566. The van der Waals surface area contributed by atoms with Crippen molar-refractivity contribution in [2.45, 2.75) is 19.2 Å². The summed E-state index contributed by atoms with van der Waals surface area (Å²) in [6.45, 7) is -0.162. The summed E-state index contributed by atoms with van der Waals surface area (Å²) in [7, 11) is 0. The Morgan fingerprint density at radius 3 is 2.78 bits per heavy atom. The van der Waals surface area contributed by atoms with Gasteiger partial charge < -0.3 is 10.4 Å². The van der Waals surface area contributed by atoms with Crippen LogP contribution in [0.1, 0.15) is 12.0 Å².